The van der Waals surface area contributed by atoms with Gasteiger partial charge in [0.1, 0.15) is 0 Å². The summed E-state index contributed by atoms with van der Waals surface area (Å²) in [5, 5.41) is 0. The molecule has 17 heavy (non-hydrogen) atoms. The largest absolute Gasteiger partial charge is 0.330 e. The third-order valence-corrected chi connectivity index (χ3v) is 4.45. The first-order valence-electron chi connectivity index (χ1n) is 5.96. The molecule has 86 valence electrons. The molecule has 2 aromatic carbocycles. The van der Waals surface area contributed by atoms with Crippen molar-refractivity contribution in [2.45, 2.75) is 22.1 Å². The molecule has 0 saturated carbocycles. The lowest BCUT2D eigenvalue weighted by Crippen LogP contribution is -2.13. The molecule has 3 rings (SSSR count). The first-order valence-corrected chi connectivity index (χ1v) is 6.77. The second-order valence-corrected chi connectivity index (χ2v) is 5.39. The van der Waals surface area contributed by atoms with E-state index in [9.17, 15) is 0 Å². The fourth-order valence-corrected chi connectivity index (χ4v) is 3.67. The number of fused-ring (bicyclic) bond motifs is 2. The van der Waals surface area contributed by atoms with Gasteiger partial charge in [-0.2, -0.15) is 0 Å². The maximum Gasteiger partial charge on any atom is 0.0160 e. The van der Waals surface area contributed by atoms with Gasteiger partial charge in [0.15, 0.2) is 0 Å². The van der Waals surface area contributed by atoms with Crippen molar-refractivity contribution in [1.82, 2.24) is 0 Å². The zero-order valence-corrected chi connectivity index (χ0v) is 10.4. The minimum absolute atomic E-state index is 0.466. The molecule has 0 aromatic heterocycles. The summed E-state index contributed by atoms with van der Waals surface area (Å²) in [5.74, 6) is 0.466. The van der Waals surface area contributed by atoms with Gasteiger partial charge >= 0.3 is 0 Å². The van der Waals surface area contributed by atoms with Crippen molar-refractivity contribution >= 4 is 11.8 Å². The van der Waals surface area contributed by atoms with Crippen molar-refractivity contribution in [2.75, 3.05) is 6.54 Å². The van der Waals surface area contributed by atoms with E-state index in [0.717, 1.165) is 13.0 Å². The standard InChI is InChI=1S/C15H15NS/c16-10-9-11-12-5-1-3-7-14(12)17-15-8-4-2-6-13(11)15/h1-8,11H,9-10,16H2. The van der Waals surface area contributed by atoms with Gasteiger partial charge in [0, 0.05) is 15.7 Å². The SMILES string of the molecule is NCCC1c2ccccc2Sc2ccccc21. The van der Waals surface area contributed by atoms with Crippen molar-refractivity contribution in [3.8, 4) is 0 Å². The first-order chi connectivity index (χ1) is 8.40. The third kappa shape index (κ3) is 1.88. The lowest BCUT2D eigenvalue weighted by atomic mass is 9.88. The Kier molecular flexibility index (Phi) is 2.91. The van der Waals surface area contributed by atoms with E-state index in [1.807, 2.05) is 11.8 Å². The Morgan fingerprint density at radius 2 is 1.41 bits per heavy atom. The van der Waals surface area contributed by atoms with E-state index in [0.29, 0.717) is 5.92 Å². The molecule has 0 spiro atoms. The van der Waals surface area contributed by atoms with E-state index in [1.54, 1.807) is 0 Å². The summed E-state index contributed by atoms with van der Waals surface area (Å²) in [6, 6.07) is 17.3. The van der Waals surface area contributed by atoms with E-state index < -0.39 is 0 Å². The zero-order valence-electron chi connectivity index (χ0n) is 9.60. The van der Waals surface area contributed by atoms with Crippen LogP contribution in [0.1, 0.15) is 23.5 Å². The van der Waals surface area contributed by atoms with Crippen LogP contribution in [0.5, 0.6) is 0 Å². The summed E-state index contributed by atoms with van der Waals surface area (Å²) in [7, 11) is 0. The van der Waals surface area contributed by atoms with Crippen molar-refractivity contribution < 1.29 is 0 Å². The van der Waals surface area contributed by atoms with Crippen LogP contribution in [0.15, 0.2) is 58.3 Å². The van der Waals surface area contributed by atoms with Crippen molar-refractivity contribution in [1.29, 1.82) is 0 Å². The van der Waals surface area contributed by atoms with Gasteiger partial charge in [0.2, 0.25) is 0 Å². The van der Waals surface area contributed by atoms with E-state index in [2.05, 4.69) is 48.5 Å². The van der Waals surface area contributed by atoms with Crippen LogP contribution in [0.3, 0.4) is 0 Å². The lowest BCUT2D eigenvalue weighted by Gasteiger charge is -2.27. The molecule has 1 heterocycles. The molecule has 2 aromatic rings. The fourth-order valence-electron chi connectivity index (χ4n) is 2.49. The maximum absolute atomic E-state index is 5.77. The molecule has 1 aliphatic rings. The fraction of sp³-hybridized carbons (Fsp3) is 0.200. The molecule has 1 nitrogen and oxygen atoms in total. The number of nitrogens with two attached hydrogens (primary N) is 1. The van der Waals surface area contributed by atoms with Crippen LogP contribution in [0.4, 0.5) is 0 Å². The summed E-state index contributed by atoms with van der Waals surface area (Å²) >= 11 is 1.87. The van der Waals surface area contributed by atoms with E-state index in [4.69, 9.17) is 5.73 Å². The maximum atomic E-state index is 5.77. The van der Waals surface area contributed by atoms with Crippen LogP contribution in [-0.4, -0.2) is 6.54 Å². The molecule has 0 atom stereocenters. The van der Waals surface area contributed by atoms with E-state index >= 15 is 0 Å². The van der Waals surface area contributed by atoms with E-state index in [-0.39, 0.29) is 0 Å². The monoisotopic (exact) mass is 241 g/mol. The van der Waals surface area contributed by atoms with Crippen molar-refractivity contribution in [3.05, 3.63) is 59.7 Å². The van der Waals surface area contributed by atoms with Gasteiger partial charge in [-0.15, -0.1) is 0 Å². The highest BCUT2D eigenvalue weighted by Crippen LogP contribution is 2.46. The lowest BCUT2D eigenvalue weighted by molar-refractivity contribution is 0.697. The third-order valence-electron chi connectivity index (χ3n) is 3.26. The van der Waals surface area contributed by atoms with Crippen molar-refractivity contribution in [2.24, 2.45) is 5.73 Å². The molecule has 0 bridgehead atoms. The molecule has 0 unspecified atom stereocenters. The number of hydrogen-bond donors (Lipinski definition) is 1. The topological polar surface area (TPSA) is 26.0 Å². The Labute approximate surface area is 106 Å². The summed E-state index contributed by atoms with van der Waals surface area (Å²) in [6.45, 7) is 0.734. The molecular weight excluding hydrogens is 226 g/mol. The Balaban J connectivity index is 2.13. The second-order valence-electron chi connectivity index (χ2n) is 4.31. The summed E-state index contributed by atoms with van der Waals surface area (Å²) in [4.78, 5) is 2.76. The van der Waals surface area contributed by atoms with Crippen LogP contribution >= 0.6 is 11.8 Å². The number of rotatable bonds is 2. The Morgan fingerprint density at radius 3 is 1.94 bits per heavy atom. The van der Waals surface area contributed by atoms with Gasteiger partial charge in [-0.25, -0.2) is 0 Å². The molecule has 0 fully saturated rings. The van der Waals surface area contributed by atoms with Crippen molar-refractivity contribution in [3.63, 3.8) is 0 Å². The van der Waals surface area contributed by atoms with Crippen LogP contribution < -0.4 is 5.73 Å². The summed E-state index contributed by atoms with van der Waals surface area (Å²) < 4.78 is 0. The highest BCUT2D eigenvalue weighted by Gasteiger charge is 2.24. The predicted molar refractivity (Wildman–Crippen MR) is 72.5 cm³/mol. The predicted octanol–water partition coefficient (Wildman–Crippen LogP) is 3.63. The summed E-state index contributed by atoms with van der Waals surface area (Å²) in [6.07, 6.45) is 1.02. The first kappa shape index (κ1) is 10.9. The average molecular weight is 241 g/mol. The number of benzene rings is 2. The van der Waals surface area contributed by atoms with Crippen LogP contribution in [0, 0.1) is 0 Å². The van der Waals surface area contributed by atoms with Crippen LogP contribution in [0.2, 0.25) is 0 Å². The Bertz CT molecular complexity index is 490. The quantitative estimate of drug-likeness (QED) is 0.869. The molecule has 0 amide bonds. The molecule has 2 N–H and O–H groups in total. The molecule has 2 heteroatoms. The summed E-state index contributed by atoms with van der Waals surface area (Å²) in [5.41, 5.74) is 8.63. The van der Waals surface area contributed by atoms with Gasteiger partial charge in [-0.05, 0) is 36.2 Å². The van der Waals surface area contributed by atoms with Gasteiger partial charge in [-0.3, -0.25) is 0 Å². The van der Waals surface area contributed by atoms with Crippen LogP contribution in [0.25, 0.3) is 0 Å². The highest BCUT2D eigenvalue weighted by molar-refractivity contribution is 7.99. The highest BCUT2D eigenvalue weighted by atomic mass is 32.2. The molecule has 0 saturated heterocycles. The van der Waals surface area contributed by atoms with E-state index in [1.165, 1.54) is 20.9 Å². The van der Waals surface area contributed by atoms with Gasteiger partial charge in [0.05, 0.1) is 0 Å². The molecule has 1 aliphatic heterocycles. The van der Waals surface area contributed by atoms with Gasteiger partial charge in [0.25, 0.3) is 0 Å². The minimum atomic E-state index is 0.466. The van der Waals surface area contributed by atoms with Gasteiger partial charge in [-0.1, -0.05) is 48.2 Å². The number of hydrogen-bond acceptors (Lipinski definition) is 2. The molecule has 0 aliphatic carbocycles. The zero-order chi connectivity index (χ0) is 11.7. The van der Waals surface area contributed by atoms with Crippen LogP contribution in [-0.2, 0) is 0 Å². The molecule has 0 radical (unpaired) electrons. The van der Waals surface area contributed by atoms with Gasteiger partial charge < -0.3 is 5.73 Å². The Morgan fingerprint density at radius 1 is 0.882 bits per heavy atom. The average Bonchev–Trinajstić information content (AvgIpc) is 2.39. The smallest absolute Gasteiger partial charge is 0.0160 e. The normalized spacial score (nSPS) is 14.2. The molecular formula is C15H15NS. The minimum Gasteiger partial charge on any atom is -0.330 e. The second kappa shape index (κ2) is 4.55. The Hall–Kier alpha value is -1.25.